The van der Waals surface area contributed by atoms with Crippen LogP contribution in [0.3, 0.4) is 0 Å². The maximum atomic E-state index is 3.53. The van der Waals surface area contributed by atoms with Gasteiger partial charge >= 0.3 is 0 Å². The fourth-order valence-electron chi connectivity index (χ4n) is 1.33. The van der Waals surface area contributed by atoms with Crippen molar-refractivity contribution in [2.75, 3.05) is 18.6 Å². The molecule has 0 bridgehead atoms. The first-order chi connectivity index (χ1) is 6.07. The van der Waals surface area contributed by atoms with E-state index in [9.17, 15) is 0 Å². The first-order valence-electron chi connectivity index (χ1n) is 5.30. The summed E-state index contributed by atoms with van der Waals surface area (Å²) < 4.78 is 0. The summed E-state index contributed by atoms with van der Waals surface area (Å²) in [6.45, 7) is 10.3. The average molecular weight is 203 g/mol. The van der Waals surface area contributed by atoms with Crippen molar-refractivity contribution >= 4 is 11.8 Å². The molecule has 0 heterocycles. The topological polar surface area (TPSA) is 12.0 Å². The van der Waals surface area contributed by atoms with E-state index in [0.717, 1.165) is 11.8 Å². The molecule has 0 spiro atoms. The Hall–Kier alpha value is 0.310. The summed E-state index contributed by atoms with van der Waals surface area (Å²) in [4.78, 5) is 0. The predicted molar refractivity (Wildman–Crippen MR) is 64.5 cm³/mol. The lowest BCUT2D eigenvalue weighted by molar-refractivity contribution is 0.344. The highest BCUT2D eigenvalue weighted by atomic mass is 32.2. The minimum atomic E-state index is 0.621. The molecule has 1 atom stereocenters. The van der Waals surface area contributed by atoms with Gasteiger partial charge in [0.1, 0.15) is 0 Å². The monoisotopic (exact) mass is 203 g/mol. The molecular formula is C11H25NS. The normalized spacial score (nSPS) is 14.1. The molecule has 1 unspecified atom stereocenters. The van der Waals surface area contributed by atoms with Crippen molar-refractivity contribution in [2.45, 2.75) is 40.2 Å². The standard InChI is InChI=1S/C11H25NS/c1-9(2)11(6-7-13-5)8-12-10(3)4/h9-12H,6-8H2,1-5H3. The van der Waals surface area contributed by atoms with Crippen molar-refractivity contribution in [1.29, 1.82) is 0 Å². The van der Waals surface area contributed by atoms with Crippen LogP contribution < -0.4 is 5.32 Å². The first kappa shape index (κ1) is 13.3. The Balaban J connectivity index is 3.67. The van der Waals surface area contributed by atoms with E-state index in [0.29, 0.717) is 6.04 Å². The zero-order valence-electron chi connectivity index (χ0n) is 9.76. The highest BCUT2D eigenvalue weighted by Crippen LogP contribution is 2.16. The Kier molecular flexibility index (Phi) is 7.87. The van der Waals surface area contributed by atoms with Crippen LogP contribution in [0.5, 0.6) is 0 Å². The van der Waals surface area contributed by atoms with Gasteiger partial charge in [-0.15, -0.1) is 0 Å². The smallest absolute Gasteiger partial charge is 0.00104 e. The first-order valence-corrected chi connectivity index (χ1v) is 6.69. The van der Waals surface area contributed by atoms with Crippen molar-refractivity contribution in [3.63, 3.8) is 0 Å². The van der Waals surface area contributed by atoms with Crippen molar-refractivity contribution in [3.8, 4) is 0 Å². The maximum Gasteiger partial charge on any atom is 0.00104 e. The Morgan fingerprint density at radius 3 is 2.15 bits per heavy atom. The SMILES string of the molecule is CSCCC(CNC(C)C)C(C)C. The highest BCUT2D eigenvalue weighted by Gasteiger charge is 2.12. The third-order valence-corrected chi connectivity index (χ3v) is 3.07. The molecule has 13 heavy (non-hydrogen) atoms. The highest BCUT2D eigenvalue weighted by molar-refractivity contribution is 7.98. The van der Waals surface area contributed by atoms with Gasteiger partial charge in [0.05, 0.1) is 0 Å². The number of rotatable bonds is 7. The molecule has 0 rings (SSSR count). The minimum absolute atomic E-state index is 0.621. The second-order valence-electron chi connectivity index (χ2n) is 4.35. The van der Waals surface area contributed by atoms with Gasteiger partial charge in [0.25, 0.3) is 0 Å². The summed E-state index contributed by atoms with van der Waals surface area (Å²) in [5.74, 6) is 2.94. The van der Waals surface area contributed by atoms with Gasteiger partial charge in [-0.25, -0.2) is 0 Å². The minimum Gasteiger partial charge on any atom is -0.314 e. The molecule has 0 radical (unpaired) electrons. The van der Waals surface area contributed by atoms with Gasteiger partial charge in [-0.2, -0.15) is 11.8 Å². The van der Waals surface area contributed by atoms with Crippen molar-refractivity contribution < 1.29 is 0 Å². The van der Waals surface area contributed by atoms with Crippen LogP contribution in [0.4, 0.5) is 0 Å². The molecule has 0 aliphatic heterocycles. The van der Waals surface area contributed by atoms with Gasteiger partial charge in [0.2, 0.25) is 0 Å². The Morgan fingerprint density at radius 2 is 1.77 bits per heavy atom. The summed E-state index contributed by atoms with van der Waals surface area (Å²) in [6.07, 6.45) is 3.53. The zero-order chi connectivity index (χ0) is 10.3. The number of hydrogen-bond acceptors (Lipinski definition) is 2. The van der Waals surface area contributed by atoms with Crippen molar-refractivity contribution in [2.24, 2.45) is 11.8 Å². The van der Waals surface area contributed by atoms with Gasteiger partial charge in [0, 0.05) is 6.04 Å². The molecule has 0 aliphatic carbocycles. The van der Waals surface area contributed by atoms with Crippen LogP contribution in [0.1, 0.15) is 34.1 Å². The maximum absolute atomic E-state index is 3.53. The van der Waals surface area contributed by atoms with Crippen LogP contribution in [0.25, 0.3) is 0 Å². The molecule has 0 aromatic carbocycles. The van der Waals surface area contributed by atoms with Gasteiger partial charge in [0.15, 0.2) is 0 Å². The fraction of sp³-hybridized carbons (Fsp3) is 1.00. The molecule has 2 heteroatoms. The third-order valence-electron chi connectivity index (χ3n) is 2.42. The van der Waals surface area contributed by atoms with E-state index in [4.69, 9.17) is 0 Å². The molecule has 1 N–H and O–H groups in total. The lowest BCUT2D eigenvalue weighted by Gasteiger charge is -2.22. The van der Waals surface area contributed by atoms with Crippen LogP contribution in [0.2, 0.25) is 0 Å². The summed E-state index contributed by atoms with van der Waals surface area (Å²) in [5.41, 5.74) is 0. The lowest BCUT2D eigenvalue weighted by atomic mass is 9.93. The van der Waals surface area contributed by atoms with Crippen LogP contribution in [0, 0.1) is 11.8 Å². The third kappa shape index (κ3) is 7.39. The average Bonchev–Trinajstić information content (AvgIpc) is 2.03. The number of nitrogens with one attached hydrogen (secondary N) is 1. The second-order valence-corrected chi connectivity index (χ2v) is 5.33. The van der Waals surface area contributed by atoms with Gasteiger partial charge in [-0.05, 0) is 36.8 Å². The Bertz CT molecular complexity index is 113. The predicted octanol–water partition coefficient (Wildman–Crippen LogP) is 3.01. The molecule has 0 saturated heterocycles. The zero-order valence-corrected chi connectivity index (χ0v) is 10.6. The second kappa shape index (κ2) is 7.69. The molecule has 0 saturated carbocycles. The van der Waals surface area contributed by atoms with E-state index >= 15 is 0 Å². The molecule has 80 valence electrons. The molecule has 0 fully saturated rings. The summed E-state index contributed by atoms with van der Waals surface area (Å²) >= 11 is 1.95. The summed E-state index contributed by atoms with van der Waals surface area (Å²) in [6, 6.07) is 0.621. The largest absolute Gasteiger partial charge is 0.314 e. The molecule has 0 aliphatic rings. The summed E-state index contributed by atoms with van der Waals surface area (Å²) in [7, 11) is 0. The van der Waals surface area contributed by atoms with Crippen LogP contribution in [0.15, 0.2) is 0 Å². The van der Waals surface area contributed by atoms with Crippen LogP contribution in [-0.2, 0) is 0 Å². The van der Waals surface area contributed by atoms with Gasteiger partial charge in [-0.1, -0.05) is 27.7 Å². The van der Waals surface area contributed by atoms with E-state index in [1.807, 2.05) is 11.8 Å². The Labute approximate surface area is 88.1 Å². The molecular weight excluding hydrogens is 178 g/mol. The lowest BCUT2D eigenvalue weighted by Crippen LogP contribution is -2.31. The Morgan fingerprint density at radius 1 is 1.15 bits per heavy atom. The number of hydrogen-bond donors (Lipinski definition) is 1. The van der Waals surface area contributed by atoms with E-state index in [2.05, 4.69) is 39.3 Å². The van der Waals surface area contributed by atoms with Gasteiger partial charge in [-0.3, -0.25) is 0 Å². The summed E-state index contributed by atoms with van der Waals surface area (Å²) in [5, 5.41) is 3.53. The van der Waals surface area contributed by atoms with Crippen molar-refractivity contribution in [1.82, 2.24) is 5.32 Å². The van der Waals surface area contributed by atoms with Crippen LogP contribution >= 0.6 is 11.8 Å². The van der Waals surface area contributed by atoms with E-state index in [-0.39, 0.29) is 0 Å². The van der Waals surface area contributed by atoms with Crippen molar-refractivity contribution in [3.05, 3.63) is 0 Å². The quantitative estimate of drug-likeness (QED) is 0.682. The van der Waals surface area contributed by atoms with Gasteiger partial charge < -0.3 is 5.32 Å². The molecule has 1 nitrogen and oxygen atoms in total. The molecule has 0 amide bonds. The molecule has 0 aromatic heterocycles. The van der Waals surface area contributed by atoms with Crippen LogP contribution in [-0.4, -0.2) is 24.6 Å². The van der Waals surface area contributed by atoms with E-state index < -0.39 is 0 Å². The van der Waals surface area contributed by atoms with E-state index in [1.54, 1.807) is 0 Å². The number of thioether (sulfide) groups is 1. The molecule has 0 aromatic rings. The fourth-order valence-corrected chi connectivity index (χ4v) is 1.87. The van der Waals surface area contributed by atoms with E-state index in [1.165, 1.54) is 18.7 Å².